The molecule has 31 heavy (non-hydrogen) atoms. The molecule has 4 amide bonds. The first-order valence-corrected chi connectivity index (χ1v) is 10.6. The molecule has 2 aromatic carbocycles. The van der Waals surface area contributed by atoms with Gasteiger partial charge < -0.3 is 9.47 Å². The number of imide groups is 2. The van der Waals surface area contributed by atoms with Crippen molar-refractivity contribution >= 4 is 52.2 Å². The summed E-state index contributed by atoms with van der Waals surface area (Å²) in [5.41, 5.74) is 1.86. The number of nitrogens with one attached hydrogen (secondary N) is 1. The fourth-order valence-corrected chi connectivity index (χ4v) is 3.83. The molecule has 3 rings (SSSR count). The third-order valence-corrected chi connectivity index (χ3v) is 5.41. The molecule has 1 aliphatic heterocycles. The number of aryl methyl sites for hydroxylation is 1. The van der Waals surface area contributed by atoms with Crippen molar-refractivity contribution in [2.45, 2.75) is 13.3 Å². The molecule has 1 fully saturated rings. The van der Waals surface area contributed by atoms with Gasteiger partial charge in [-0.15, -0.1) is 0 Å². The highest BCUT2D eigenvalue weighted by Crippen LogP contribution is 2.35. The quantitative estimate of drug-likeness (QED) is 0.251. The van der Waals surface area contributed by atoms with E-state index in [0.717, 1.165) is 20.5 Å². The summed E-state index contributed by atoms with van der Waals surface area (Å²) in [4.78, 5) is 38.8. The second-order valence-electron chi connectivity index (χ2n) is 6.61. The molecule has 1 heterocycles. The van der Waals surface area contributed by atoms with Crippen molar-refractivity contribution < 1.29 is 23.9 Å². The first-order chi connectivity index (χ1) is 14.9. The predicted molar refractivity (Wildman–Crippen MR) is 126 cm³/mol. The van der Waals surface area contributed by atoms with E-state index >= 15 is 0 Å². The van der Waals surface area contributed by atoms with E-state index in [1.807, 2.05) is 19.1 Å². The molecule has 0 spiro atoms. The molecular weight excluding hydrogens is 511 g/mol. The van der Waals surface area contributed by atoms with Gasteiger partial charge in [-0.05, 0) is 70.5 Å². The Kier molecular flexibility index (Phi) is 7.11. The van der Waals surface area contributed by atoms with E-state index in [1.54, 1.807) is 30.3 Å². The van der Waals surface area contributed by atoms with Crippen LogP contribution in [0.5, 0.6) is 11.5 Å². The van der Waals surface area contributed by atoms with Crippen LogP contribution in [-0.2, 0) is 16.0 Å². The minimum Gasteiger partial charge on any atom is -0.493 e. The van der Waals surface area contributed by atoms with E-state index in [1.165, 1.54) is 13.2 Å². The third kappa shape index (κ3) is 4.79. The first-order valence-electron chi connectivity index (χ1n) is 9.51. The maximum Gasteiger partial charge on any atom is 0.335 e. The number of carbonyl (C=O) groups excluding carboxylic acids is 3. The topological polar surface area (TPSA) is 84.9 Å². The van der Waals surface area contributed by atoms with Gasteiger partial charge in [-0.25, -0.2) is 9.69 Å². The van der Waals surface area contributed by atoms with Crippen LogP contribution in [0.3, 0.4) is 0 Å². The van der Waals surface area contributed by atoms with E-state index in [2.05, 4.69) is 34.5 Å². The average Bonchev–Trinajstić information content (AvgIpc) is 2.76. The molecular formula is C23H21IN2O5. The fraction of sp³-hybridized carbons (Fsp3) is 0.174. The van der Waals surface area contributed by atoms with E-state index in [-0.39, 0.29) is 5.57 Å². The fourth-order valence-electron chi connectivity index (χ4n) is 3.04. The number of barbiturate groups is 1. The van der Waals surface area contributed by atoms with Crippen LogP contribution in [-0.4, -0.2) is 31.6 Å². The van der Waals surface area contributed by atoms with Crippen molar-refractivity contribution in [1.29, 1.82) is 0 Å². The number of benzene rings is 2. The Balaban J connectivity index is 1.99. The van der Waals surface area contributed by atoms with Crippen molar-refractivity contribution in [3.05, 3.63) is 69.3 Å². The number of carbonyl (C=O) groups is 3. The van der Waals surface area contributed by atoms with Crippen LogP contribution in [0.1, 0.15) is 18.1 Å². The van der Waals surface area contributed by atoms with E-state index < -0.39 is 17.8 Å². The summed E-state index contributed by atoms with van der Waals surface area (Å²) in [7, 11) is 1.50. The number of anilines is 1. The lowest BCUT2D eigenvalue weighted by Crippen LogP contribution is -2.54. The SMILES string of the molecule is C=CCOc1c(I)cc(/C=C2\C(=O)NC(=O)N(c3ccc(CC)cc3)C2=O)cc1OC. The van der Waals surface area contributed by atoms with Gasteiger partial charge in [0.2, 0.25) is 0 Å². The summed E-state index contributed by atoms with van der Waals surface area (Å²) in [5, 5.41) is 2.23. The summed E-state index contributed by atoms with van der Waals surface area (Å²) >= 11 is 2.08. The lowest BCUT2D eigenvalue weighted by Gasteiger charge is -2.26. The monoisotopic (exact) mass is 532 g/mol. The molecule has 0 aromatic heterocycles. The summed E-state index contributed by atoms with van der Waals surface area (Å²) in [6.07, 6.45) is 3.88. The number of urea groups is 1. The molecule has 0 bridgehead atoms. The maximum atomic E-state index is 13.1. The van der Waals surface area contributed by atoms with Gasteiger partial charge in [0.1, 0.15) is 12.2 Å². The number of methoxy groups -OCH3 is 1. The highest BCUT2D eigenvalue weighted by Gasteiger charge is 2.36. The number of rotatable bonds is 7. The molecule has 0 radical (unpaired) electrons. The summed E-state index contributed by atoms with van der Waals surface area (Å²) in [6.45, 7) is 5.95. The molecule has 7 nitrogen and oxygen atoms in total. The number of ether oxygens (including phenoxy) is 2. The Labute approximate surface area is 193 Å². The molecule has 1 saturated heterocycles. The Morgan fingerprint density at radius 3 is 2.48 bits per heavy atom. The van der Waals surface area contributed by atoms with Gasteiger partial charge in [0.25, 0.3) is 11.8 Å². The molecule has 0 unspecified atom stereocenters. The predicted octanol–water partition coefficient (Wildman–Crippen LogP) is 4.09. The smallest absolute Gasteiger partial charge is 0.335 e. The maximum absolute atomic E-state index is 13.1. The van der Waals surface area contributed by atoms with Crippen LogP contribution in [0.4, 0.5) is 10.5 Å². The second kappa shape index (κ2) is 9.78. The molecule has 2 aromatic rings. The van der Waals surface area contributed by atoms with Gasteiger partial charge in [0, 0.05) is 0 Å². The number of halogens is 1. The standard InChI is InChI=1S/C23H21IN2O5/c1-4-10-31-20-18(24)12-15(13-19(20)30-3)11-17-21(27)25-23(29)26(22(17)28)16-8-6-14(5-2)7-9-16/h4,6-9,11-13H,1,5,10H2,2-3H3,(H,25,27,29)/b17-11+. The second-order valence-corrected chi connectivity index (χ2v) is 7.77. The van der Waals surface area contributed by atoms with Crippen molar-refractivity contribution in [3.63, 3.8) is 0 Å². The minimum atomic E-state index is -0.781. The van der Waals surface area contributed by atoms with Gasteiger partial charge >= 0.3 is 6.03 Å². The Morgan fingerprint density at radius 1 is 1.16 bits per heavy atom. The van der Waals surface area contributed by atoms with Gasteiger partial charge in [-0.2, -0.15) is 0 Å². The highest BCUT2D eigenvalue weighted by molar-refractivity contribution is 14.1. The highest BCUT2D eigenvalue weighted by atomic mass is 127. The third-order valence-electron chi connectivity index (χ3n) is 4.61. The lowest BCUT2D eigenvalue weighted by molar-refractivity contribution is -0.122. The molecule has 0 saturated carbocycles. The Morgan fingerprint density at radius 2 is 1.87 bits per heavy atom. The molecule has 0 atom stereocenters. The van der Waals surface area contributed by atoms with Crippen molar-refractivity contribution in [2.75, 3.05) is 18.6 Å². The summed E-state index contributed by atoms with van der Waals surface area (Å²) in [6, 6.07) is 9.67. The Hall–Kier alpha value is -3.14. The van der Waals surface area contributed by atoms with Gasteiger partial charge in [0.05, 0.1) is 16.4 Å². The summed E-state index contributed by atoms with van der Waals surface area (Å²) in [5.74, 6) is -0.457. The number of nitrogens with zero attached hydrogens (tertiary/aromatic N) is 1. The van der Waals surface area contributed by atoms with Gasteiger partial charge in [-0.3, -0.25) is 14.9 Å². The van der Waals surface area contributed by atoms with Crippen LogP contribution in [0.2, 0.25) is 0 Å². The summed E-state index contributed by atoms with van der Waals surface area (Å²) < 4.78 is 11.8. The van der Waals surface area contributed by atoms with Crippen molar-refractivity contribution in [3.8, 4) is 11.5 Å². The zero-order chi connectivity index (χ0) is 22.5. The van der Waals surface area contributed by atoms with Gasteiger partial charge in [-0.1, -0.05) is 31.7 Å². The first kappa shape index (κ1) is 22.5. The zero-order valence-electron chi connectivity index (χ0n) is 17.1. The number of amides is 4. The molecule has 1 aliphatic rings. The van der Waals surface area contributed by atoms with Crippen LogP contribution in [0.25, 0.3) is 6.08 Å². The van der Waals surface area contributed by atoms with Crippen LogP contribution in [0.15, 0.2) is 54.6 Å². The van der Waals surface area contributed by atoms with Crippen LogP contribution >= 0.6 is 22.6 Å². The van der Waals surface area contributed by atoms with Gasteiger partial charge in [0.15, 0.2) is 11.5 Å². The van der Waals surface area contributed by atoms with Crippen LogP contribution in [0, 0.1) is 3.57 Å². The minimum absolute atomic E-state index is 0.156. The number of hydrogen-bond acceptors (Lipinski definition) is 5. The Bertz CT molecular complexity index is 1080. The largest absolute Gasteiger partial charge is 0.493 e. The van der Waals surface area contributed by atoms with Crippen LogP contribution < -0.4 is 19.7 Å². The lowest BCUT2D eigenvalue weighted by atomic mass is 10.1. The van der Waals surface area contributed by atoms with Crippen molar-refractivity contribution in [2.24, 2.45) is 0 Å². The number of hydrogen-bond donors (Lipinski definition) is 1. The molecule has 1 N–H and O–H groups in total. The van der Waals surface area contributed by atoms with E-state index in [4.69, 9.17) is 9.47 Å². The normalized spacial score (nSPS) is 15.1. The van der Waals surface area contributed by atoms with E-state index in [0.29, 0.717) is 29.4 Å². The molecule has 160 valence electrons. The van der Waals surface area contributed by atoms with Crippen molar-refractivity contribution in [1.82, 2.24) is 5.32 Å². The van der Waals surface area contributed by atoms with E-state index in [9.17, 15) is 14.4 Å². The average molecular weight is 532 g/mol. The zero-order valence-corrected chi connectivity index (χ0v) is 19.3. The molecule has 0 aliphatic carbocycles. The molecule has 8 heteroatoms.